The number of hydrogen-bond acceptors (Lipinski definition) is 3. The van der Waals surface area contributed by atoms with Gasteiger partial charge in [0.25, 0.3) is 5.91 Å². The van der Waals surface area contributed by atoms with Crippen LogP contribution in [0.5, 0.6) is 0 Å². The molecule has 0 heterocycles. The first-order valence-corrected chi connectivity index (χ1v) is 9.44. The van der Waals surface area contributed by atoms with Crippen LogP contribution in [-0.2, 0) is 10.0 Å². The van der Waals surface area contributed by atoms with E-state index in [1.807, 2.05) is 6.92 Å². The number of amides is 1. The first kappa shape index (κ1) is 18.7. The van der Waals surface area contributed by atoms with Gasteiger partial charge in [0.05, 0.1) is 20.6 Å². The lowest BCUT2D eigenvalue weighted by Crippen LogP contribution is -2.24. The highest BCUT2D eigenvalue weighted by Gasteiger charge is 2.15. The fourth-order valence-electron chi connectivity index (χ4n) is 1.90. The summed E-state index contributed by atoms with van der Waals surface area (Å²) >= 11 is 11.9. The van der Waals surface area contributed by atoms with Crippen molar-refractivity contribution in [1.82, 2.24) is 4.72 Å². The summed E-state index contributed by atoms with van der Waals surface area (Å²) in [7, 11) is -3.56. The van der Waals surface area contributed by atoms with Gasteiger partial charge < -0.3 is 5.32 Å². The van der Waals surface area contributed by atoms with Crippen LogP contribution < -0.4 is 10.0 Å². The number of rotatable bonds is 6. The quantitative estimate of drug-likeness (QED) is 0.789. The van der Waals surface area contributed by atoms with Crippen LogP contribution in [0.3, 0.4) is 0 Å². The van der Waals surface area contributed by atoms with Gasteiger partial charge in [-0.05, 0) is 42.8 Å². The molecule has 0 aliphatic heterocycles. The van der Waals surface area contributed by atoms with E-state index in [0.717, 1.165) is 0 Å². The lowest BCUT2D eigenvalue weighted by molar-refractivity contribution is 0.102. The van der Waals surface area contributed by atoms with Gasteiger partial charge in [0, 0.05) is 12.1 Å². The van der Waals surface area contributed by atoms with E-state index in [1.165, 1.54) is 24.3 Å². The van der Waals surface area contributed by atoms with Gasteiger partial charge in [-0.1, -0.05) is 36.2 Å². The Morgan fingerprint density at radius 3 is 2.38 bits per heavy atom. The van der Waals surface area contributed by atoms with E-state index in [0.29, 0.717) is 29.2 Å². The molecular formula is C16H16Cl2N2O3S. The molecular weight excluding hydrogens is 371 g/mol. The summed E-state index contributed by atoms with van der Waals surface area (Å²) in [5.41, 5.74) is 0.691. The van der Waals surface area contributed by atoms with E-state index in [-0.39, 0.29) is 9.92 Å². The summed E-state index contributed by atoms with van der Waals surface area (Å²) in [6, 6.07) is 10.5. The normalized spacial score (nSPS) is 11.3. The first-order chi connectivity index (χ1) is 11.3. The minimum Gasteiger partial charge on any atom is -0.321 e. The van der Waals surface area contributed by atoms with Crippen molar-refractivity contribution in [3.63, 3.8) is 0 Å². The molecule has 2 rings (SSSR count). The molecule has 0 spiro atoms. The lowest BCUT2D eigenvalue weighted by Gasteiger charge is -2.09. The highest BCUT2D eigenvalue weighted by molar-refractivity contribution is 7.89. The molecule has 0 aliphatic carbocycles. The number of hydrogen-bond donors (Lipinski definition) is 2. The predicted molar refractivity (Wildman–Crippen MR) is 96.3 cm³/mol. The molecule has 0 bridgehead atoms. The van der Waals surface area contributed by atoms with E-state index in [2.05, 4.69) is 10.0 Å². The SMILES string of the molecule is CCCNS(=O)(=O)c1ccc(C(=O)Nc2cccc(Cl)c2Cl)cc1. The Hall–Kier alpha value is -1.60. The van der Waals surface area contributed by atoms with E-state index in [1.54, 1.807) is 18.2 Å². The van der Waals surface area contributed by atoms with E-state index in [4.69, 9.17) is 23.2 Å². The van der Waals surface area contributed by atoms with Gasteiger partial charge in [0.1, 0.15) is 0 Å². The molecule has 1 amide bonds. The minimum absolute atomic E-state index is 0.105. The molecule has 0 aromatic heterocycles. The monoisotopic (exact) mass is 386 g/mol. The molecule has 0 unspecified atom stereocenters. The predicted octanol–water partition coefficient (Wildman–Crippen LogP) is 3.93. The molecule has 5 nitrogen and oxygen atoms in total. The van der Waals surface area contributed by atoms with Gasteiger partial charge in [-0.25, -0.2) is 13.1 Å². The Morgan fingerprint density at radius 1 is 1.08 bits per heavy atom. The zero-order valence-electron chi connectivity index (χ0n) is 12.8. The summed E-state index contributed by atoms with van der Waals surface area (Å²) in [5.74, 6) is -0.412. The van der Waals surface area contributed by atoms with Crippen molar-refractivity contribution >= 4 is 44.8 Å². The molecule has 0 saturated carbocycles. The fourth-order valence-corrected chi connectivity index (χ4v) is 3.38. The largest absolute Gasteiger partial charge is 0.321 e. The van der Waals surface area contributed by atoms with Gasteiger partial charge in [-0.2, -0.15) is 0 Å². The third kappa shape index (κ3) is 4.48. The van der Waals surface area contributed by atoms with Crippen molar-refractivity contribution in [1.29, 1.82) is 0 Å². The molecule has 0 aliphatic rings. The maximum Gasteiger partial charge on any atom is 0.255 e. The molecule has 0 radical (unpaired) electrons. The average molecular weight is 387 g/mol. The van der Waals surface area contributed by atoms with Crippen molar-refractivity contribution in [2.24, 2.45) is 0 Å². The van der Waals surface area contributed by atoms with Crippen LogP contribution in [0, 0.1) is 0 Å². The molecule has 0 fully saturated rings. The third-order valence-corrected chi connectivity index (χ3v) is 5.46. The molecule has 128 valence electrons. The highest BCUT2D eigenvalue weighted by atomic mass is 35.5. The van der Waals surface area contributed by atoms with Gasteiger partial charge >= 0.3 is 0 Å². The van der Waals surface area contributed by atoms with Crippen molar-refractivity contribution < 1.29 is 13.2 Å². The number of sulfonamides is 1. The summed E-state index contributed by atoms with van der Waals surface area (Å²) in [6.07, 6.45) is 0.695. The number of carbonyl (C=O) groups is 1. The second-order valence-electron chi connectivity index (χ2n) is 4.98. The van der Waals surface area contributed by atoms with Gasteiger partial charge in [-0.3, -0.25) is 4.79 Å². The van der Waals surface area contributed by atoms with Gasteiger partial charge in [0.2, 0.25) is 10.0 Å². The second-order valence-corrected chi connectivity index (χ2v) is 7.53. The maximum atomic E-state index is 12.2. The average Bonchev–Trinajstić information content (AvgIpc) is 2.57. The van der Waals surface area contributed by atoms with Crippen LogP contribution in [0.2, 0.25) is 10.0 Å². The Balaban J connectivity index is 2.16. The zero-order valence-corrected chi connectivity index (χ0v) is 15.2. The van der Waals surface area contributed by atoms with Crippen LogP contribution in [0.1, 0.15) is 23.7 Å². The molecule has 24 heavy (non-hydrogen) atoms. The molecule has 8 heteroatoms. The zero-order chi connectivity index (χ0) is 17.7. The lowest BCUT2D eigenvalue weighted by atomic mass is 10.2. The first-order valence-electron chi connectivity index (χ1n) is 7.20. The molecule has 2 aromatic carbocycles. The smallest absolute Gasteiger partial charge is 0.255 e. The molecule has 2 N–H and O–H groups in total. The summed E-state index contributed by atoms with van der Waals surface area (Å²) in [5, 5.41) is 3.22. The van der Waals surface area contributed by atoms with Crippen LogP contribution in [-0.4, -0.2) is 20.9 Å². The van der Waals surface area contributed by atoms with Crippen molar-refractivity contribution in [3.8, 4) is 0 Å². The highest BCUT2D eigenvalue weighted by Crippen LogP contribution is 2.29. The van der Waals surface area contributed by atoms with Crippen LogP contribution >= 0.6 is 23.2 Å². The topological polar surface area (TPSA) is 75.3 Å². The second kappa shape index (κ2) is 7.98. The van der Waals surface area contributed by atoms with Gasteiger partial charge in [0.15, 0.2) is 0 Å². The Bertz CT molecular complexity index is 837. The summed E-state index contributed by atoms with van der Waals surface area (Å²) in [4.78, 5) is 12.3. The van der Waals surface area contributed by atoms with E-state index >= 15 is 0 Å². The third-order valence-electron chi connectivity index (χ3n) is 3.17. The fraction of sp³-hybridized carbons (Fsp3) is 0.188. The van der Waals surface area contributed by atoms with E-state index in [9.17, 15) is 13.2 Å². The Morgan fingerprint density at radius 2 is 1.75 bits per heavy atom. The molecule has 2 aromatic rings. The van der Waals surface area contributed by atoms with Crippen LogP contribution in [0.15, 0.2) is 47.4 Å². The number of carbonyl (C=O) groups excluding carboxylic acids is 1. The van der Waals surface area contributed by atoms with Crippen molar-refractivity contribution in [3.05, 3.63) is 58.1 Å². The number of anilines is 1. The van der Waals surface area contributed by atoms with E-state index < -0.39 is 15.9 Å². The number of halogens is 2. The van der Waals surface area contributed by atoms with Gasteiger partial charge in [-0.15, -0.1) is 0 Å². The van der Waals surface area contributed by atoms with Crippen LogP contribution in [0.4, 0.5) is 5.69 Å². The summed E-state index contributed by atoms with van der Waals surface area (Å²) < 4.78 is 26.5. The standard InChI is InChI=1S/C16H16Cl2N2O3S/c1-2-10-19-24(22,23)12-8-6-11(7-9-12)16(21)20-14-5-3-4-13(17)15(14)18/h3-9,19H,2,10H2,1H3,(H,20,21). The number of nitrogens with one attached hydrogen (secondary N) is 2. The Kier molecular flexibility index (Phi) is 6.23. The Labute approximate surface area is 151 Å². The maximum absolute atomic E-state index is 12.2. The van der Waals surface area contributed by atoms with Crippen LogP contribution in [0.25, 0.3) is 0 Å². The van der Waals surface area contributed by atoms with Crippen molar-refractivity contribution in [2.75, 3.05) is 11.9 Å². The molecule has 0 saturated heterocycles. The minimum atomic E-state index is -3.56. The van der Waals surface area contributed by atoms with Crippen molar-refractivity contribution in [2.45, 2.75) is 18.2 Å². The number of benzene rings is 2. The summed E-state index contributed by atoms with van der Waals surface area (Å²) in [6.45, 7) is 2.23. The molecule has 0 atom stereocenters.